The molecule has 0 aliphatic carbocycles. The maximum atomic E-state index is 12.5. The summed E-state index contributed by atoms with van der Waals surface area (Å²) < 4.78 is 3.94. The van der Waals surface area contributed by atoms with Crippen LogP contribution in [-0.4, -0.2) is 40.0 Å². The molecule has 6 heteroatoms. The minimum absolute atomic E-state index is 0.0131. The molecule has 1 rings (SSSR count). The zero-order valence-electron chi connectivity index (χ0n) is 13.3. The van der Waals surface area contributed by atoms with Gasteiger partial charge >= 0.3 is 0 Å². The van der Waals surface area contributed by atoms with Gasteiger partial charge in [-0.2, -0.15) is 0 Å². The number of aromatic nitrogens is 2. The third-order valence-corrected chi connectivity index (χ3v) is 4.11. The molecular weight excluding hydrogens is 272 g/mol. The number of nitrogens with zero attached hydrogens (tertiary/aromatic N) is 3. The van der Waals surface area contributed by atoms with Gasteiger partial charge in [0.1, 0.15) is 4.88 Å². The third kappa shape index (κ3) is 4.24. The van der Waals surface area contributed by atoms with Crippen LogP contribution in [0.4, 0.5) is 0 Å². The molecule has 1 aromatic rings. The fourth-order valence-electron chi connectivity index (χ4n) is 1.77. The molecule has 114 valence electrons. The largest absolute Gasteiger partial charge is 0.341 e. The highest BCUT2D eigenvalue weighted by molar-refractivity contribution is 7.08. The molecule has 0 radical (unpaired) electrons. The summed E-state index contributed by atoms with van der Waals surface area (Å²) >= 11 is 1.17. The van der Waals surface area contributed by atoms with E-state index in [2.05, 4.69) is 23.4 Å². The summed E-state index contributed by atoms with van der Waals surface area (Å²) in [4.78, 5) is 14.8. The van der Waals surface area contributed by atoms with Crippen molar-refractivity contribution in [3.8, 4) is 0 Å². The lowest BCUT2D eigenvalue weighted by Crippen LogP contribution is -2.35. The second-order valence-electron chi connectivity index (χ2n) is 6.62. The van der Waals surface area contributed by atoms with Crippen molar-refractivity contribution in [2.24, 2.45) is 11.7 Å². The first kappa shape index (κ1) is 17.0. The van der Waals surface area contributed by atoms with E-state index in [0.717, 1.165) is 12.1 Å². The number of rotatable bonds is 5. The molecule has 0 bridgehead atoms. The Kier molecular flexibility index (Phi) is 5.65. The molecule has 0 aliphatic heterocycles. The molecule has 1 atom stereocenters. The van der Waals surface area contributed by atoms with Gasteiger partial charge in [-0.1, -0.05) is 39.1 Å². The smallest absolute Gasteiger partial charge is 0.267 e. The molecule has 2 N–H and O–H groups in total. The quantitative estimate of drug-likeness (QED) is 0.905. The van der Waals surface area contributed by atoms with E-state index in [0.29, 0.717) is 17.3 Å². The molecule has 1 amide bonds. The van der Waals surface area contributed by atoms with Crippen LogP contribution >= 0.6 is 11.5 Å². The molecule has 1 aromatic heterocycles. The monoisotopic (exact) mass is 298 g/mol. The third-order valence-electron chi connectivity index (χ3n) is 3.39. The van der Waals surface area contributed by atoms with Crippen molar-refractivity contribution in [3.05, 3.63) is 10.6 Å². The van der Waals surface area contributed by atoms with Gasteiger partial charge in [0, 0.05) is 25.0 Å². The minimum Gasteiger partial charge on any atom is -0.341 e. The van der Waals surface area contributed by atoms with Gasteiger partial charge < -0.3 is 10.6 Å². The number of nitrogens with two attached hydrogens (primary N) is 1. The normalized spacial score (nSPS) is 13.6. The summed E-state index contributed by atoms with van der Waals surface area (Å²) in [5, 5.41) is 4.11. The van der Waals surface area contributed by atoms with Gasteiger partial charge in [-0.15, -0.1) is 5.10 Å². The van der Waals surface area contributed by atoms with Crippen molar-refractivity contribution in [1.82, 2.24) is 14.5 Å². The topological polar surface area (TPSA) is 72.1 Å². The first-order valence-electron chi connectivity index (χ1n) is 6.98. The standard InChI is InChI=1S/C14H26N4OS/c1-9(2)10(15)7-8-18(6)13(19)11-12(14(3,4)5)16-17-20-11/h9-10H,7-8,15H2,1-6H3. The molecule has 0 spiro atoms. The lowest BCUT2D eigenvalue weighted by molar-refractivity contribution is 0.0791. The van der Waals surface area contributed by atoms with Gasteiger partial charge in [0.15, 0.2) is 0 Å². The summed E-state index contributed by atoms with van der Waals surface area (Å²) in [5.41, 5.74) is 6.62. The van der Waals surface area contributed by atoms with E-state index >= 15 is 0 Å². The molecular formula is C14H26N4OS. The minimum atomic E-state index is -0.173. The summed E-state index contributed by atoms with van der Waals surface area (Å²) in [6.45, 7) is 11.0. The summed E-state index contributed by atoms with van der Waals surface area (Å²) in [6, 6.07) is 0.118. The number of carbonyl (C=O) groups excluding carboxylic acids is 1. The summed E-state index contributed by atoms with van der Waals surface area (Å²) in [5.74, 6) is 0.412. The van der Waals surface area contributed by atoms with Gasteiger partial charge in [-0.05, 0) is 23.9 Å². The Bertz CT molecular complexity index is 450. The van der Waals surface area contributed by atoms with Crippen molar-refractivity contribution in [3.63, 3.8) is 0 Å². The van der Waals surface area contributed by atoms with Crippen LogP contribution in [0.2, 0.25) is 0 Å². The Balaban J connectivity index is 2.73. The van der Waals surface area contributed by atoms with E-state index in [4.69, 9.17) is 5.73 Å². The Morgan fingerprint density at radius 2 is 2.00 bits per heavy atom. The average Bonchev–Trinajstić information content (AvgIpc) is 2.83. The second kappa shape index (κ2) is 6.63. The number of hydrogen-bond donors (Lipinski definition) is 1. The average molecular weight is 298 g/mol. The van der Waals surface area contributed by atoms with Crippen LogP contribution < -0.4 is 5.73 Å². The zero-order chi connectivity index (χ0) is 15.5. The molecule has 0 aliphatic rings. The zero-order valence-corrected chi connectivity index (χ0v) is 14.1. The lowest BCUT2D eigenvalue weighted by Gasteiger charge is -2.22. The fraction of sp³-hybridized carbons (Fsp3) is 0.786. The van der Waals surface area contributed by atoms with Crippen LogP contribution in [0.1, 0.15) is 56.4 Å². The number of amides is 1. The second-order valence-corrected chi connectivity index (χ2v) is 7.38. The maximum Gasteiger partial charge on any atom is 0.267 e. The van der Waals surface area contributed by atoms with Gasteiger partial charge in [0.25, 0.3) is 5.91 Å². The lowest BCUT2D eigenvalue weighted by atomic mass is 9.91. The predicted molar refractivity (Wildman–Crippen MR) is 83.0 cm³/mol. The van der Waals surface area contributed by atoms with E-state index in [-0.39, 0.29) is 17.4 Å². The van der Waals surface area contributed by atoms with E-state index in [1.54, 1.807) is 4.90 Å². The Labute approximate surface area is 125 Å². The molecule has 1 heterocycles. The van der Waals surface area contributed by atoms with Crippen LogP contribution in [0, 0.1) is 5.92 Å². The van der Waals surface area contributed by atoms with Crippen LogP contribution in [0.25, 0.3) is 0 Å². The van der Waals surface area contributed by atoms with Crippen LogP contribution in [0.3, 0.4) is 0 Å². The van der Waals surface area contributed by atoms with Crippen molar-refractivity contribution in [2.75, 3.05) is 13.6 Å². The molecule has 0 fully saturated rings. The van der Waals surface area contributed by atoms with Crippen molar-refractivity contribution in [2.45, 2.75) is 52.5 Å². The maximum absolute atomic E-state index is 12.5. The Hall–Kier alpha value is -1.01. The SMILES string of the molecule is CC(C)C(N)CCN(C)C(=O)c1snnc1C(C)(C)C. The Morgan fingerprint density at radius 1 is 1.40 bits per heavy atom. The highest BCUT2D eigenvalue weighted by Crippen LogP contribution is 2.26. The molecule has 20 heavy (non-hydrogen) atoms. The van der Waals surface area contributed by atoms with E-state index in [9.17, 15) is 4.79 Å². The summed E-state index contributed by atoms with van der Waals surface area (Å²) in [6.07, 6.45) is 0.803. The van der Waals surface area contributed by atoms with Gasteiger partial charge in [0.2, 0.25) is 0 Å². The molecule has 0 aromatic carbocycles. The van der Waals surface area contributed by atoms with E-state index in [1.807, 2.05) is 27.8 Å². The number of hydrogen-bond acceptors (Lipinski definition) is 5. The van der Waals surface area contributed by atoms with E-state index < -0.39 is 0 Å². The first-order chi connectivity index (χ1) is 9.14. The number of carbonyl (C=O) groups is 1. The molecule has 0 saturated carbocycles. The predicted octanol–water partition coefficient (Wildman–Crippen LogP) is 2.28. The van der Waals surface area contributed by atoms with Crippen LogP contribution in [-0.2, 0) is 5.41 Å². The Morgan fingerprint density at radius 3 is 2.50 bits per heavy atom. The molecule has 0 saturated heterocycles. The van der Waals surface area contributed by atoms with Crippen molar-refractivity contribution < 1.29 is 4.79 Å². The van der Waals surface area contributed by atoms with Gasteiger partial charge in [-0.25, -0.2) is 0 Å². The van der Waals surface area contributed by atoms with Crippen LogP contribution in [0.15, 0.2) is 0 Å². The van der Waals surface area contributed by atoms with Crippen molar-refractivity contribution >= 4 is 17.4 Å². The molecule has 5 nitrogen and oxygen atoms in total. The van der Waals surface area contributed by atoms with E-state index in [1.165, 1.54) is 11.5 Å². The van der Waals surface area contributed by atoms with Crippen LogP contribution in [0.5, 0.6) is 0 Å². The highest BCUT2D eigenvalue weighted by Gasteiger charge is 2.28. The van der Waals surface area contributed by atoms with Gasteiger partial charge in [0.05, 0.1) is 5.69 Å². The van der Waals surface area contributed by atoms with Crippen molar-refractivity contribution in [1.29, 1.82) is 0 Å². The highest BCUT2D eigenvalue weighted by atomic mass is 32.1. The summed E-state index contributed by atoms with van der Waals surface area (Å²) in [7, 11) is 1.81. The fourth-order valence-corrected chi connectivity index (χ4v) is 2.64. The van der Waals surface area contributed by atoms with Gasteiger partial charge in [-0.3, -0.25) is 4.79 Å². The first-order valence-corrected chi connectivity index (χ1v) is 7.75. The molecule has 1 unspecified atom stereocenters.